The summed E-state index contributed by atoms with van der Waals surface area (Å²) in [7, 11) is 1.85. The highest BCUT2D eigenvalue weighted by atomic mass is 19.2. The lowest BCUT2D eigenvalue weighted by Gasteiger charge is -2.32. The Bertz CT molecular complexity index is 1070. The maximum Gasteiger partial charge on any atom is 0.222 e. The molecule has 1 fully saturated rings. The number of rotatable bonds is 5. The molecule has 10 heteroatoms. The number of carbonyl (C=O) groups is 1. The molecular formula is C19H21F2N7O. The van der Waals surface area contributed by atoms with Gasteiger partial charge in [0.25, 0.3) is 0 Å². The normalized spacial score (nSPS) is 16.9. The quantitative estimate of drug-likeness (QED) is 0.675. The Kier molecular flexibility index (Phi) is 4.99. The third-order valence-corrected chi connectivity index (χ3v) is 5.12. The molecule has 152 valence electrons. The molecule has 0 aliphatic carbocycles. The Labute approximate surface area is 165 Å². The van der Waals surface area contributed by atoms with Gasteiger partial charge in [0.15, 0.2) is 17.4 Å². The SMILES string of the molecule is Cn1cc(N2CCCC(C(=O)CNc3nc(N)nc4cc(F)c(F)cc34)C2)cn1. The second-order valence-corrected chi connectivity index (χ2v) is 7.19. The number of anilines is 3. The standard InChI is InChI=1S/C19H21F2N7O/c1-27-10-12(7-24-27)28-4-2-3-11(9-28)17(29)8-23-18-13-5-14(20)15(21)6-16(13)25-19(22)26-18/h5-7,10-11H,2-4,8-9H2,1H3,(H3,22,23,25,26). The van der Waals surface area contributed by atoms with Gasteiger partial charge in [0, 0.05) is 43.7 Å². The van der Waals surface area contributed by atoms with Crippen LogP contribution in [0.2, 0.25) is 0 Å². The summed E-state index contributed by atoms with van der Waals surface area (Å²) in [5, 5.41) is 7.38. The van der Waals surface area contributed by atoms with Crippen molar-refractivity contribution in [1.29, 1.82) is 0 Å². The maximum absolute atomic E-state index is 13.7. The monoisotopic (exact) mass is 401 g/mol. The summed E-state index contributed by atoms with van der Waals surface area (Å²) in [6.45, 7) is 1.50. The van der Waals surface area contributed by atoms with Crippen LogP contribution in [-0.4, -0.2) is 45.2 Å². The van der Waals surface area contributed by atoms with E-state index in [1.807, 2.05) is 13.2 Å². The molecular weight excluding hydrogens is 380 g/mol. The Morgan fingerprint density at radius 3 is 2.86 bits per heavy atom. The molecule has 29 heavy (non-hydrogen) atoms. The van der Waals surface area contributed by atoms with E-state index in [2.05, 4.69) is 25.3 Å². The van der Waals surface area contributed by atoms with Crippen LogP contribution in [0, 0.1) is 17.6 Å². The zero-order chi connectivity index (χ0) is 20.5. The average molecular weight is 401 g/mol. The van der Waals surface area contributed by atoms with Gasteiger partial charge in [-0.25, -0.2) is 13.8 Å². The van der Waals surface area contributed by atoms with Crippen molar-refractivity contribution in [3.63, 3.8) is 0 Å². The molecule has 1 unspecified atom stereocenters. The Morgan fingerprint density at radius 1 is 1.31 bits per heavy atom. The van der Waals surface area contributed by atoms with Crippen molar-refractivity contribution >= 4 is 34.1 Å². The number of ketones is 1. The number of nitrogens with zero attached hydrogens (tertiary/aromatic N) is 5. The van der Waals surface area contributed by atoms with Crippen molar-refractivity contribution in [2.45, 2.75) is 12.8 Å². The van der Waals surface area contributed by atoms with Gasteiger partial charge in [-0.1, -0.05) is 0 Å². The number of hydrogen-bond acceptors (Lipinski definition) is 7. The molecule has 4 rings (SSSR count). The number of aryl methyl sites for hydroxylation is 1. The van der Waals surface area contributed by atoms with Crippen molar-refractivity contribution in [1.82, 2.24) is 19.7 Å². The van der Waals surface area contributed by atoms with Crippen LogP contribution in [0.5, 0.6) is 0 Å². The van der Waals surface area contributed by atoms with E-state index < -0.39 is 11.6 Å². The second-order valence-electron chi connectivity index (χ2n) is 7.19. The van der Waals surface area contributed by atoms with Crippen molar-refractivity contribution in [2.75, 3.05) is 35.6 Å². The highest BCUT2D eigenvalue weighted by Crippen LogP contribution is 2.26. The van der Waals surface area contributed by atoms with Gasteiger partial charge in [0.05, 0.1) is 23.9 Å². The summed E-state index contributed by atoms with van der Waals surface area (Å²) in [5.74, 6) is -2.03. The average Bonchev–Trinajstić information content (AvgIpc) is 3.14. The second kappa shape index (κ2) is 7.61. The highest BCUT2D eigenvalue weighted by Gasteiger charge is 2.26. The fourth-order valence-electron chi connectivity index (χ4n) is 3.64. The molecule has 3 aromatic rings. The molecule has 1 aliphatic rings. The number of nitrogen functional groups attached to an aromatic ring is 1. The lowest BCUT2D eigenvalue weighted by Crippen LogP contribution is -2.40. The highest BCUT2D eigenvalue weighted by molar-refractivity contribution is 5.92. The Hall–Kier alpha value is -3.30. The number of hydrogen-bond donors (Lipinski definition) is 2. The first-order valence-corrected chi connectivity index (χ1v) is 9.33. The summed E-state index contributed by atoms with van der Waals surface area (Å²) in [5.41, 5.74) is 6.83. The summed E-state index contributed by atoms with van der Waals surface area (Å²) in [4.78, 5) is 22.9. The minimum Gasteiger partial charge on any atom is -0.368 e. The molecule has 3 heterocycles. The molecule has 0 bridgehead atoms. The first-order chi connectivity index (χ1) is 13.9. The number of halogens is 2. The van der Waals surface area contributed by atoms with Gasteiger partial charge in [-0.15, -0.1) is 0 Å². The molecule has 0 amide bonds. The van der Waals surface area contributed by atoms with Gasteiger partial charge in [0.2, 0.25) is 5.95 Å². The van der Waals surface area contributed by atoms with Crippen LogP contribution in [0.25, 0.3) is 10.9 Å². The van der Waals surface area contributed by atoms with Crippen LogP contribution in [0.3, 0.4) is 0 Å². The summed E-state index contributed by atoms with van der Waals surface area (Å²) >= 11 is 0. The molecule has 0 saturated carbocycles. The van der Waals surface area contributed by atoms with E-state index in [4.69, 9.17) is 5.73 Å². The molecule has 1 atom stereocenters. The number of Topliss-reactive ketones (excluding diaryl/α,β-unsaturated/α-hetero) is 1. The van der Waals surface area contributed by atoms with Crippen LogP contribution < -0.4 is 16.0 Å². The van der Waals surface area contributed by atoms with Crippen molar-refractivity contribution in [2.24, 2.45) is 13.0 Å². The molecule has 1 saturated heterocycles. The largest absolute Gasteiger partial charge is 0.368 e. The lowest BCUT2D eigenvalue weighted by atomic mass is 9.93. The number of aromatic nitrogens is 4. The molecule has 1 aromatic carbocycles. The van der Waals surface area contributed by atoms with Gasteiger partial charge in [0.1, 0.15) is 5.82 Å². The molecule has 3 N–H and O–H groups in total. The fraction of sp³-hybridized carbons (Fsp3) is 0.368. The van der Waals surface area contributed by atoms with Gasteiger partial charge < -0.3 is 16.0 Å². The minimum atomic E-state index is -1.02. The topological polar surface area (TPSA) is 102 Å². The third-order valence-electron chi connectivity index (χ3n) is 5.12. The zero-order valence-corrected chi connectivity index (χ0v) is 15.9. The van der Waals surface area contributed by atoms with Gasteiger partial charge >= 0.3 is 0 Å². The van der Waals surface area contributed by atoms with E-state index in [-0.39, 0.29) is 40.9 Å². The number of fused-ring (bicyclic) bond motifs is 1. The summed E-state index contributed by atoms with van der Waals surface area (Å²) in [6.07, 6.45) is 5.41. The number of piperidine rings is 1. The first-order valence-electron chi connectivity index (χ1n) is 9.33. The van der Waals surface area contributed by atoms with E-state index >= 15 is 0 Å². The van der Waals surface area contributed by atoms with Gasteiger partial charge in [-0.05, 0) is 18.9 Å². The van der Waals surface area contributed by atoms with E-state index in [9.17, 15) is 13.6 Å². The van der Waals surface area contributed by atoms with Crippen LogP contribution in [-0.2, 0) is 11.8 Å². The first kappa shape index (κ1) is 19.0. The van der Waals surface area contributed by atoms with E-state index in [1.165, 1.54) is 0 Å². The lowest BCUT2D eigenvalue weighted by molar-refractivity contribution is -0.121. The maximum atomic E-state index is 13.7. The fourth-order valence-corrected chi connectivity index (χ4v) is 3.64. The minimum absolute atomic E-state index is 0.0100. The predicted octanol–water partition coefficient (Wildman–Crippen LogP) is 2.12. The number of nitrogens with one attached hydrogen (secondary N) is 1. The van der Waals surface area contributed by atoms with Gasteiger partial charge in [-0.3, -0.25) is 9.48 Å². The Balaban J connectivity index is 1.47. The smallest absolute Gasteiger partial charge is 0.222 e. The van der Waals surface area contributed by atoms with Crippen LogP contribution in [0.4, 0.5) is 26.2 Å². The third kappa shape index (κ3) is 3.96. The summed E-state index contributed by atoms with van der Waals surface area (Å²) in [6, 6.07) is 1.96. The molecule has 0 spiro atoms. The molecule has 0 radical (unpaired) electrons. The van der Waals surface area contributed by atoms with Crippen molar-refractivity contribution < 1.29 is 13.6 Å². The molecule has 2 aromatic heterocycles. The number of nitrogens with two attached hydrogens (primary N) is 1. The predicted molar refractivity (Wildman–Crippen MR) is 106 cm³/mol. The molecule has 1 aliphatic heterocycles. The van der Waals surface area contributed by atoms with E-state index in [1.54, 1.807) is 10.9 Å². The van der Waals surface area contributed by atoms with Crippen molar-refractivity contribution in [3.05, 3.63) is 36.2 Å². The number of carbonyl (C=O) groups excluding carboxylic acids is 1. The Morgan fingerprint density at radius 2 is 2.10 bits per heavy atom. The van der Waals surface area contributed by atoms with Crippen LogP contribution >= 0.6 is 0 Å². The van der Waals surface area contributed by atoms with E-state index in [0.29, 0.717) is 6.54 Å². The zero-order valence-electron chi connectivity index (χ0n) is 15.9. The van der Waals surface area contributed by atoms with Gasteiger partial charge in [-0.2, -0.15) is 10.1 Å². The van der Waals surface area contributed by atoms with Crippen LogP contribution in [0.15, 0.2) is 24.5 Å². The van der Waals surface area contributed by atoms with Crippen LogP contribution in [0.1, 0.15) is 12.8 Å². The van der Waals surface area contributed by atoms with Crippen molar-refractivity contribution in [3.8, 4) is 0 Å². The molecule has 8 nitrogen and oxygen atoms in total. The van der Waals surface area contributed by atoms with E-state index in [0.717, 1.165) is 37.2 Å². The summed E-state index contributed by atoms with van der Waals surface area (Å²) < 4.78 is 28.9. The number of benzene rings is 1.